The number of benzene rings is 1. The van der Waals surface area contributed by atoms with Crippen molar-refractivity contribution in [1.82, 2.24) is 25.4 Å². The Morgan fingerprint density at radius 2 is 2.27 bits per heavy atom. The lowest BCUT2D eigenvalue weighted by atomic mass is 10.0. The zero-order valence-electron chi connectivity index (χ0n) is 14.8. The summed E-state index contributed by atoms with van der Waals surface area (Å²) in [5.41, 5.74) is 3.42. The van der Waals surface area contributed by atoms with Crippen LogP contribution < -0.4 is 5.32 Å². The molecule has 2 N–H and O–H groups in total. The fraction of sp³-hybridized carbons (Fsp3) is 0.421. The third-order valence-corrected chi connectivity index (χ3v) is 6.79. The fourth-order valence-electron chi connectivity index (χ4n) is 4.40. The van der Waals surface area contributed by atoms with Crippen molar-refractivity contribution in [1.29, 1.82) is 0 Å². The average molecular weight is 367 g/mol. The van der Waals surface area contributed by atoms with Crippen LogP contribution in [0, 0.1) is 12.8 Å². The number of aromatic amines is 1. The highest BCUT2D eigenvalue weighted by molar-refractivity contribution is 7.13. The van der Waals surface area contributed by atoms with Gasteiger partial charge in [0.2, 0.25) is 0 Å². The van der Waals surface area contributed by atoms with Gasteiger partial charge in [0.05, 0.1) is 5.52 Å². The Kier molecular flexibility index (Phi) is 3.62. The highest BCUT2D eigenvalue weighted by Gasteiger charge is 2.43. The lowest BCUT2D eigenvalue weighted by Crippen LogP contribution is -2.44. The first-order valence-electron chi connectivity index (χ1n) is 9.00. The predicted molar refractivity (Wildman–Crippen MR) is 102 cm³/mol. The minimum absolute atomic E-state index is 0.0747. The minimum atomic E-state index is -0.0747. The molecule has 1 saturated heterocycles. The summed E-state index contributed by atoms with van der Waals surface area (Å²) in [6, 6.07) is 6.89. The van der Waals surface area contributed by atoms with E-state index in [-0.39, 0.29) is 11.9 Å². The van der Waals surface area contributed by atoms with E-state index in [0.717, 1.165) is 40.1 Å². The number of likely N-dealkylation sites (tertiary alicyclic amines) is 1. The van der Waals surface area contributed by atoms with Crippen LogP contribution in [-0.4, -0.2) is 51.7 Å². The van der Waals surface area contributed by atoms with Crippen molar-refractivity contribution < 1.29 is 4.79 Å². The quantitative estimate of drug-likeness (QED) is 0.747. The number of fused-ring (bicyclic) bond motifs is 3. The van der Waals surface area contributed by atoms with E-state index in [1.54, 1.807) is 11.3 Å². The molecule has 3 heterocycles. The highest BCUT2D eigenvalue weighted by Crippen LogP contribution is 2.37. The normalized spacial score (nSPS) is 25.2. The summed E-state index contributed by atoms with van der Waals surface area (Å²) in [6.45, 7) is 3.07. The van der Waals surface area contributed by atoms with Gasteiger partial charge in [-0.05, 0) is 44.9 Å². The molecule has 2 fully saturated rings. The topological polar surface area (TPSA) is 73.9 Å². The number of rotatable bonds is 3. The van der Waals surface area contributed by atoms with Crippen molar-refractivity contribution in [2.45, 2.75) is 31.8 Å². The van der Waals surface area contributed by atoms with Gasteiger partial charge in [0.25, 0.3) is 5.91 Å². The van der Waals surface area contributed by atoms with Crippen molar-refractivity contribution in [3.8, 4) is 10.6 Å². The second-order valence-corrected chi connectivity index (χ2v) is 8.39. The number of aryl methyl sites for hydroxylation is 1. The summed E-state index contributed by atoms with van der Waals surface area (Å²) in [6.07, 6.45) is 2.24. The van der Waals surface area contributed by atoms with E-state index in [9.17, 15) is 4.79 Å². The smallest absolute Gasteiger partial charge is 0.272 e. The van der Waals surface area contributed by atoms with Crippen LogP contribution in [0.1, 0.15) is 29.0 Å². The molecule has 5 rings (SSSR count). The van der Waals surface area contributed by atoms with Crippen molar-refractivity contribution in [3.05, 3.63) is 35.0 Å². The van der Waals surface area contributed by atoms with Crippen LogP contribution in [0.2, 0.25) is 0 Å². The second-order valence-electron chi connectivity index (χ2n) is 7.53. The number of hydrogen-bond donors (Lipinski definition) is 2. The van der Waals surface area contributed by atoms with Gasteiger partial charge in [0.15, 0.2) is 5.69 Å². The van der Waals surface area contributed by atoms with Gasteiger partial charge in [-0.1, -0.05) is 6.07 Å². The standard InChI is InChI=1S/C19H21N5OS/c1-10-9-26-19(20-10)11-3-4-14-16(6-11)22-23-17(14)18(25)21-15-7-13-5-12(15)8-24(13)2/h3-4,6,9,12-13,15H,5,7-8H2,1-2H3,(H,21,25)(H,22,23)/t12-,13-,15+/m0/s1. The molecule has 134 valence electrons. The molecule has 26 heavy (non-hydrogen) atoms. The van der Waals surface area contributed by atoms with Crippen LogP contribution in [0.15, 0.2) is 23.6 Å². The molecule has 3 aromatic rings. The third kappa shape index (κ3) is 2.54. The molecule has 0 radical (unpaired) electrons. The monoisotopic (exact) mass is 367 g/mol. The summed E-state index contributed by atoms with van der Waals surface area (Å²) in [7, 11) is 2.17. The Morgan fingerprint density at radius 1 is 1.38 bits per heavy atom. The number of hydrogen-bond acceptors (Lipinski definition) is 5. The Labute approximate surface area is 155 Å². The lowest BCUT2D eigenvalue weighted by Gasteiger charge is -2.28. The zero-order chi connectivity index (χ0) is 17.8. The molecule has 1 aromatic carbocycles. The van der Waals surface area contributed by atoms with Gasteiger partial charge < -0.3 is 10.2 Å². The molecule has 1 amide bonds. The van der Waals surface area contributed by atoms with E-state index in [1.165, 1.54) is 6.42 Å². The van der Waals surface area contributed by atoms with Crippen molar-refractivity contribution in [2.24, 2.45) is 5.92 Å². The van der Waals surface area contributed by atoms with Gasteiger partial charge in [-0.15, -0.1) is 11.3 Å². The average Bonchev–Trinajstić information content (AvgIpc) is 3.37. The zero-order valence-corrected chi connectivity index (χ0v) is 15.6. The Morgan fingerprint density at radius 3 is 2.96 bits per heavy atom. The predicted octanol–water partition coefficient (Wildman–Crippen LogP) is 2.82. The molecule has 1 aliphatic heterocycles. The van der Waals surface area contributed by atoms with E-state index in [4.69, 9.17) is 0 Å². The van der Waals surface area contributed by atoms with Crippen molar-refractivity contribution in [2.75, 3.05) is 13.6 Å². The van der Waals surface area contributed by atoms with Gasteiger partial charge >= 0.3 is 0 Å². The fourth-order valence-corrected chi connectivity index (χ4v) is 5.20. The molecule has 7 heteroatoms. The summed E-state index contributed by atoms with van der Waals surface area (Å²) < 4.78 is 0. The van der Waals surface area contributed by atoms with Crippen LogP contribution in [0.3, 0.4) is 0 Å². The lowest BCUT2D eigenvalue weighted by molar-refractivity contribution is 0.0909. The van der Waals surface area contributed by atoms with E-state index in [0.29, 0.717) is 17.7 Å². The van der Waals surface area contributed by atoms with Crippen LogP contribution >= 0.6 is 11.3 Å². The van der Waals surface area contributed by atoms with Crippen LogP contribution in [0.25, 0.3) is 21.5 Å². The number of H-pyrrole nitrogens is 1. The maximum absolute atomic E-state index is 12.8. The SMILES string of the molecule is Cc1csc(-c2ccc3c(C(=O)N[C@@H]4C[C@@H]5C[C@H]4CN5C)n[nH]c3c2)n1. The number of aromatic nitrogens is 3. The molecule has 6 nitrogen and oxygen atoms in total. The summed E-state index contributed by atoms with van der Waals surface area (Å²) in [5, 5.41) is 14.4. The molecule has 1 saturated carbocycles. The highest BCUT2D eigenvalue weighted by atomic mass is 32.1. The van der Waals surface area contributed by atoms with Crippen LogP contribution in [-0.2, 0) is 0 Å². The summed E-state index contributed by atoms with van der Waals surface area (Å²) in [4.78, 5) is 19.7. The third-order valence-electron chi connectivity index (χ3n) is 5.78. The van der Waals surface area contributed by atoms with E-state index >= 15 is 0 Å². The number of piperidine rings is 1. The summed E-state index contributed by atoms with van der Waals surface area (Å²) in [5.74, 6) is 0.494. The molecule has 2 bridgehead atoms. The van der Waals surface area contributed by atoms with Crippen LogP contribution in [0.4, 0.5) is 0 Å². The van der Waals surface area contributed by atoms with Gasteiger partial charge in [-0.25, -0.2) is 4.98 Å². The van der Waals surface area contributed by atoms with E-state index < -0.39 is 0 Å². The minimum Gasteiger partial charge on any atom is -0.348 e. The first-order valence-corrected chi connectivity index (χ1v) is 9.88. The maximum Gasteiger partial charge on any atom is 0.272 e. The number of thiazole rings is 1. The Balaban J connectivity index is 1.38. The van der Waals surface area contributed by atoms with Gasteiger partial charge in [-0.3, -0.25) is 9.89 Å². The molecule has 1 aliphatic carbocycles. The molecule has 0 spiro atoms. The number of carbonyl (C=O) groups is 1. The maximum atomic E-state index is 12.8. The van der Waals surface area contributed by atoms with Crippen LogP contribution in [0.5, 0.6) is 0 Å². The van der Waals surface area contributed by atoms with E-state index in [2.05, 4.69) is 32.4 Å². The Bertz CT molecular complexity index is 991. The second kappa shape index (κ2) is 5.89. The molecule has 2 aromatic heterocycles. The summed E-state index contributed by atoms with van der Waals surface area (Å²) >= 11 is 1.62. The number of carbonyl (C=O) groups excluding carboxylic acids is 1. The first-order chi connectivity index (χ1) is 12.6. The number of nitrogens with zero attached hydrogens (tertiary/aromatic N) is 3. The van der Waals surface area contributed by atoms with Gasteiger partial charge in [-0.2, -0.15) is 5.10 Å². The van der Waals surface area contributed by atoms with Gasteiger partial charge in [0, 0.05) is 40.7 Å². The molecular formula is C19H21N5OS. The largest absolute Gasteiger partial charge is 0.348 e. The molecule has 0 unspecified atom stereocenters. The van der Waals surface area contributed by atoms with Crippen molar-refractivity contribution >= 4 is 28.1 Å². The first kappa shape index (κ1) is 16.0. The number of nitrogens with one attached hydrogen (secondary N) is 2. The molecule has 2 aliphatic rings. The van der Waals surface area contributed by atoms with E-state index in [1.807, 2.05) is 30.5 Å². The molecule has 3 atom stereocenters. The van der Waals surface area contributed by atoms with Crippen molar-refractivity contribution in [3.63, 3.8) is 0 Å². The molecular weight excluding hydrogens is 346 g/mol. The van der Waals surface area contributed by atoms with Gasteiger partial charge in [0.1, 0.15) is 5.01 Å². The Hall–Kier alpha value is -2.25. The number of amides is 1.